The summed E-state index contributed by atoms with van der Waals surface area (Å²) in [5.41, 5.74) is 0. The fraction of sp³-hybridized carbons (Fsp3) is 0.667. The van der Waals surface area contributed by atoms with Gasteiger partial charge < -0.3 is 0 Å². The summed E-state index contributed by atoms with van der Waals surface area (Å²) < 4.78 is 0. The molecule has 1 saturated carbocycles. The molecule has 0 radical (unpaired) electrons. The molecular weight excluding hydrogens is 164 g/mol. The molecule has 0 N–H and O–H groups in total. The molecule has 1 heterocycles. The van der Waals surface area contributed by atoms with E-state index < -0.39 is 34.6 Å². The van der Waals surface area contributed by atoms with Crippen molar-refractivity contribution in [3.63, 3.8) is 0 Å². The van der Waals surface area contributed by atoms with Crippen molar-refractivity contribution in [3.8, 4) is 0 Å². The normalized spacial score (nSPS) is 38.4. The highest BCUT2D eigenvalue weighted by molar-refractivity contribution is 6.09. The molecule has 6 heteroatoms. The Bertz CT molecular complexity index is 278. The fourth-order valence-electron chi connectivity index (χ4n) is 1.71. The molecule has 2 amide bonds. The zero-order valence-corrected chi connectivity index (χ0v) is 6.26. The highest BCUT2D eigenvalue weighted by Gasteiger charge is 2.74. The first-order chi connectivity index (χ1) is 5.55. The molecule has 64 valence electrons. The van der Waals surface area contributed by atoms with Crippen molar-refractivity contribution in [1.29, 1.82) is 0 Å². The molecule has 0 aromatic heterocycles. The average molecular weight is 170 g/mol. The first-order valence-corrected chi connectivity index (χ1v) is 3.50. The Morgan fingerprint density at radius 3 is 2.08 bits per heavy atom. The third kappa shape index (κ3) is 0.596. The van der Waals surface area contributed by atoms with Gasteiger partial charge >= 0.3 is 0 Å². The standard InChI is InChI=1S/C6H6N2O4/c1-7-5(9)2-3(6(7)10)4(2)8(11)12/h2-4H,1H3/t2-,3+,4+. The summed E-state index contributed by atoms with van der Waals surface area (Å²) in [5, 5.41) is 10.3. The summed E-state index contributed by atoms with van der Waals surface area (Å²) >= 11 is 0. The van der Waals surface area contributed by atoms with E-state index in [0.29, 0.717) is 0 Å². The van der Waals surface area contributed by atoms with E-state index in [0.717, 1.165) is 4.90 Å². The number of carbonyl (C=O) groups is 2. The zero-order valence-electron chi connectivity index (χ0n) is 6.26. The summed E-state index contributed by atoms with van der Waals surface area (Å²) in [4.78, 5) is 32.8. The van der Waals surface area contributed by atoms with Gasteiger partial charge in [-0.2, -0.15) is 0 Å². The molecule has 0 aromatic carbocycles. The van der Waals surface area contributed by atoms with E-state index in [1.165, 1.54) is 7.05 Å². The van der Waals surface area contributed by atoms with Crippen LogP contribution >= 0.6 is 0 Å². The number of likely N-dealkylation sites (tertiary alicyclic amines) is 1. The molecule has 2 fully saturated rings. The maximum Gasteiger partial charge on any atom is 0.240 e. The van der Waals surface area contributed by atoms with Crippen LogP contribution in [0.5, 0.6) is 0 Å². The van der Waals surface area contributed by atoms with Gasteiger partial charge in [-0.1, -0.05) is 0 Å². The maximum absolute atomic E-state index is 11.1. The molecule has 12 heavy (non-hydrogen) atoms. The number of hydrogen-bond acceptors (Lipinski definition) is 4. The molecular formula is C6H6N2O4. The van der Waals surface area contributed by atoms with Gasteiger partial charge in [0, 0.05) is 12.0 Å². The van der Waals surface area contributed by atoms with Crippen molar-refractivity contribution in [1.82, 2.24) is 4.90 Å². The Hall–Kier alpha value is -1.46. The predicted molar refractivity (Wildman–Crippen MR) is 35.5 cm³/mol. The van der Waals surface area contributed by atoms with Crippen molar-refractivity contribution < 1.29 is 14.5 Å². The number of carbonyl (C=O) groups excluding carboxylic acids is 2. The lowest BCUT2D eigenvalue weighted by Crippen LogP contribution is -2.33. The number of nitrogens with zero attached hydrogens (tertiary/aromatic N) is 2. The second-order valence-corrected chi connectivity index (χ2v) is 3.06. The molecule has 1 aliphatic heterocycles. The number of hydrogen-bond donors (Lipinski definition) is 0. The van der Waals surface area contributed by atoms with E-state index in [1.54, 1.807) is 0 Å². The molecule has 0 aromatic rings. The van der Waals surface area contributed by atoms with Gasteiger partial charge in [0.2, 0.25) is 17.9 Å². The number of nitro groups is 1. The van der Waals surface area contributed by atoms with E-state index in [1.807, 2.05) is 0 Å². The minimum Gasteiger partial charge on any atom is -0.285 e. The predicted octanol–water partition coefficient (Wildman–Crippen LogP) is -1.12. The summed E-state index contributed by atoms with van der Waals surface area (Å²) in [6.07, 6.45) is 0. The number of piperidine rings is 1. The maximum atomic E-state index is 11.1. The van der Waals surface area contributed by atoms with Gasteiger partial charge in [0.05, 0.1) is 0 Å². The first-order valence-electron chi connectivity index (χ1n) is 3.50. The highest BCUT2D eigenvalue weighted by Crippen LogP contribution is 2.48. The van der Waals surface area contributed by atoms with Crippen molar-refractivity contribution in [3.05, 3.63) is 10.1 Å². The fourth-order valence-corrected chi connectivity index (χ4v) is 1.71. The minimum atomic E-state index is -0.943. The third-order valence-electron chi connectivity index (χ3n) is 2.46. The van der Waals surface area contributed by atoms with Crippen LogP contribution in [0.1, 0.15) is 0 Å². The van der Waals surface area contributed by atoms with Crippen LogP contribution in [0.15, 0.2) is 0 Å². The summed E-state index contributed by atoms with van der Waals surface area (Å²) in [6, 6.07) is -0.943. The quantitative estimate of drug-likeness (QED) is 0.283. The number of rotatable bonds is 1. The molecule has 1 saturated heterocycles. The van der Waals surface area contributed by atoms with Gasteiger partial charge in [-0.05, 0) is 0 Å². The van der Waals surface area contributed by atoms with Gasteiger partial charge in [-0.3, -0.25) is 24.6 Å². The second kappa shape index (κ2) is 1.82. The zero-order chi connectivity index (χ0) is 9.04. The Labute approximate surface area is 67.3 Å². The lowest BCUT2D eigenvalue weighted by Gasteiger charge is -2.08. The Morgan fingerprint density at radius 2 is 1.75 bits per heavy atom. The van der Waals surface area contributed by atoms with Gasteiger partial charge in [-0.25, -0.2) is 0 Å². The molecule has 0 spiro atoms. The van der Waals surface area contributed by atoms with Crippen LogP contribution in [-0.2, 0) is 9.59 Å². The number of fused-ring (bicyclic) bond motifs is 1. The molecule has 2 aliphatic rings. The van der Waals surface area contributed by atoms with E-state index in [9.17, 15) is 19.7 Å². The van der Waals surface area contributed by atoms with Crippen LogP contribution in [0.25, 0.3) is 0 Å². The number of amides is 2. The molecule has 3 atom stereocenters. The molecule has 0 unspecified atom stereocenters. The summed E-state index contributed by atoms with van der Waals surface area (Å²) in [6.45, 7) is 0. The van der Waals surface area contributed by atoms with Gasteiger partial charge in [0.15, 0.2) is 0 Å². The largest absolute Gasteiger partial charge is 0.285 e. The van der Waals surface area contributed by atoms with Crippen LogP contribution in [0, 0.1) is 22.0 Å². The second-order valence-electron chi connectivity index (χ2n) is 3.06. The topological polar surface area (TPSA) is 80.5 Å². The van der Waals surface area contributed by atoms with Crippen LogP contribution in [-0.4, -0.2) is 34.7 Å². The van der Waals surface area contributed by atoms with Crippen LogP contribution in [0.4, 0.5) is 0 Å². The molecule has 6 nitrogen and oxygen atoms in total. The van der Waals surface area contributed by atoms with Gasteiger partial charge in [0.1, 0.15) is 11.8 Å². The van der Waals surface area contributed by atoms with Crippen molar-refractivity contribution in [2.75, 3.05) is 7.05 Å². The molecule has 2 rings (SSSR count). The van der Waals surface area contributed by atoms with Crippen molar-refractivity contribution in [2.45, 2.75) is 6.04 Å². The average Bonchev–Trinajstić information content (AvgIpc) is 2.69. The van der Waals surface area contributed by atoms with Crippen LogP contribution in [0.3, 0.4) is 0 Å². The number of imide groups is 1. The Morgan fingerprint density at radius 1 is 1.33 bits per heavy atom. The van der Waals surface area contributed by atoms with Crippen molar-refractivity contribution in [2.24, 2.45) is 11.8 Å². The highest BCUT2D eigenvalue weighted by atomic mass is 16.6. The molecule has 1 aliphatic carbocycles. The van der Waals surface area contributed by atoms with Crippen LogP contribution in [0.2, 0.25) is 0 Å². The van der Waals surface area contributed by atoms with Gasteiger partial charge in [0.25, 0.3) is 0 Å². The lowest BCUT2D eigenvalue weighted by atomic mass is 10.4. The molecule has 0 bridgehead atoms. The minimum absolute atomic E-state index is 0.410. The first kappa shape index (κ1) is 7.20. The smallest absolute Gasteiger partial charge is 0.240 e. The third-order valence-corrected chi connectivity index (χ3v) is 2.46. The van der Waals surface area contributed by atoms with Crippen LogP contribution < -0.4 is 0 Å². The Kier molecular flexibility index (Phi) is 1.09. The van der Waals surface area contributed by atoms with Crippen molar-refractivity contribution >= 4 is 11.8 Å². The monoisotopic (exact) mass is 170 g/mol. The van der Waals surface area contributed by atoms with Gasteiger partial charge in [-0.15, -0.1) is 0 Å². The summed E-state index contributed by atoms with van der Waals surface area (Å²) in [7, 11) is 1.35. The summed E-state index contributed by atoms with van der Waals surface area (Å²) in [5.74, 6) is -2.16. The van der Waals surface area contributed by atoms with E-state index in [-0.39, 0.29) is 0 Å². The van der Waals surface area contributed by atoms with E-state index in [4.69, 9.17) is 0 Å². The van der Waals surface area contributed by atoms with E-state index in [2.05, 4.69) is 0 Å². The lowest BCUT2D eigenvalue weighted by molar-refractivity contribution is -0.500. The van der Waals surface area contributed by atoms with E-state index >= 15 is 0 Å². The Balaban J connectivity index is 2.24. The SMILES string of the molecule is CN1C(=O)[C@@H]2[C@H](C1=O)[C@H]2[N+](=O)[O-].